The minimum atomic E-state index is -0.239. The van der Waals surface area contributed by atoms with Crippen LogP contribution in [0.2, 0.25) is 5.02 Å². The van der Waals surface area contributed by atoms with E-state index in [-0.39, 0.29) is 30.3 Å². The van der Waals surface area contributed by atoms with Gasteiger partial charge in [-0.3, -0.25) is 4.79 Å². The highest BCUT2D eigenvalue weighted by atomic mass is 35.5. The number of rotatable bonds is 3. The Bertz CT molecular complexity index is 394. The van der Waals surface area contributed by atoms with Gasteiger partial charge in [0.05, 0.1) is 16.6 Å². The Morgan fingerprint density at radius 2 is 2.00 bits per heavy atom. The van der Waals surface area contributed by atoms with Gasteiger partial charge in [0.15, 0.2) is 0 Å². The van der Waals surface area contributed by atoms with Crippen molar-refractivity contribution in [2.75, 3.05) is 5.32 Å². The number of nitrogens with two attached hydrogens (primary N) is 1. The van der Waals surface area contributed by atoms with Gasteiger partial charge in [0, 0.05) is 6.04 Å². The van der Waals surface area contributed by atoms with E-state index >= 15 is 0 Å². The van der Waals surface area contributed by atoms with E-state index < -0.39 is 0 Å². The summed E-state index contributed by atoms with van der Waals surface area (Å²) < 4.78 is 0. The molecule has 0 spiro atoms. The first-order valence-corrected chi connectivity index (χ1v) is 5.62. The van der Waals surface area contributed by atoms with Crippen molar-refractivity contribution in [2.45, 2.75) is 26.8 Å². The van der Waals surface area contributed by atoms with Crippen LogP contribution in [0.1, 0.15) is 19.4 Å². The summed E-state index contributed by atoms with van der Waals surface area (Å²) in [6, 6.07) is 5.33. The molecule has 2 unspecified atom stereocenters. The molecule has 1 rings (SSSR count). The van der Waals surface area contributed by atoms with E-state index in [4.69, 9.17) is 17.3 Å². The normalized spacial score (nSPS) is 13.5. The minimum Gasteiger partial charge on any atom is -0.327 e. The second-order valence-electron chi connectivity index (χ2n) is 4.12. The number of nitrogens with one attached hydrogen (secondary N) is 1. The van der Waals surface area contributed by atoms with Crippen LogP contribution in [0.5, 0.6) is 0 Å². The lowest BCUT2D eigenvalue weighted by Gasteiger charge is -2.16. The third kappa shape index (κ3) is 4.54. The number of anilines is 1. The van der Waals surface area contributed by atoms with Crippen molar-refractivity contribution >= 4 is 35.6 Å². The number of aryl methyl sites for hydroxylation is 1. The van der Waals surface area contributed by atoms with Crippen LogP contribution in [0.4, 0.5) is 5.69 Å². The van der Waals surface area contributed by atoms with Crippen molar-refractivity contribution in [3.05, 3.63) is 28.8 Å². The quantitative estimate of drug-likeness (QED) is 0.892. The molecular formula is C12H18Cl2N2O. The third-order valence-corrected chi connectivity index (χ3v) is 2.90. The van der Waals surface area contributed by atoms with Crippen LogP contribution in [0, 0.1) is 12.8 Å². The molecule has 0 aliphatic rings. The predicted molar refractivity (Wildman–Crippen MR) is 74.9 cm³/mol. The lowest BCUT2D eigenvalue weighted by atomic mass is 10.0. The Hall–Kier alpha value is -0.770. The molecule has 1 aromatic carbocycles. The van der Waals surface area contributed by atoms with Crippen molar-refractivity contribution in [3.8, 4) is 0 Å². The Morgan fingerprint density at radius 3 is 2.47 bits per heavy atom. The minimum absolute atomic E-state index is 0. The maximum atomic E-state index is 11.7. The molecule has 1 aromatic rings. The van der Waals surface area contributed by atoms with Crippen molar-refractivity contribution in [2.24, 2.45) is 11.7 Å². The molecule has 5 heteroatoms. The van der Waals surface area contributed by atoms with Crippen molar-refractivity contribution in [1.29, 1.82) is 0 Å². The maximum Gasteiger partial charge on any atom is 0.228 e. The first-order valence-electron chi connectivity index (χ1n) is 5.24. The maximum absolute atomic E-state index is 11.7. The first kappa shape index (κ1) is 16.2. The van der Waals surface area contributed by atoms with Crippen LogP contribution < -0.4 is 11.1 Å². The first-order chi connectivity index (χ1) is 7.41. The van der Waals surface area contributed by atoms with Crippen LogP contribution in [0.25, 0.3) is 0 Å². The zero-order chi connectivity index (χ0) is 12.3. The molecule has 0 radical (unpaired) electrons. The van der Waals surface area contributed by atoms with Gasteiger partial charge in [0.25, 0.3) is 0 Å². The van der Waals surface area contributed by atoms with Gasteiger partial charge in [-0.15, -0.1) is 12.4 Å². The van der Waals surface area contributed by atoms with Gasteiger partial charge in [0.2, 0.25) is 5.91 Å². The number of benzene rings is 1. The van der Waals surface area contributed by atoms with Crippen molar-refractivity contribution in [3.63, 3.8) is 0 Å². The summed E-state index contributed by atoms with van der Waals surface area (Å²) in [4.78, 5) is 11.7. The summed E-state index contributed by atoms with van der Waals surface area (Å²) in [7, 11) is 0. The monoisotopic (exact) mass is 276 g/mol. The number of halogens is 2. The SMILES string of the molecule is Cc1ccc(NC(=O)C(C)C(C)N)c(Cl)c1.Cl. The summed E-state index contributed by atoms with van der Waals surface area (Å²) in [5, 5.41) is 3.31. The Kier molecular flexibility index (Phi) is 6.53. The fourth-order valence-electron chi connectivity index (χ4n) is 1.21. The van der Waals surface area contributed by atoms with Gasteiger partial charge in [0.1, 0.15) is 0 Å². The summed E-state index contributed by atoms with van der Waals surface area (Å²) in [6.07, 6.45) is 0. The molecule has 17 heavy (non-hydrogen) atoms. The molecule has 3 N–H and O–H groups in total. The summed E-state index contributed by atoms with van der Waals surface area (Å²) in [5.41, 5.74) is 7.35. The summed E-state index contributed by atoms with van der Waals surface area (Å²) >= 11 is 6.01. The van der Waals surface area contributed by atoms with Gasteiger partial charge in [-0.05, 0) is 31.5 Å². The largest absolute Gasteiger partial charge is 0.327 e. The molecule has 3 nitrogen and oxygen atoms in total. The Balaban J connectivity index is 0.00000256. The van der Waals surface area contributed by atoms with Gasteiger partial charge < -0.3 is 11.1 Å². The highest BCUT2D eigenvalue weighted by Gasteiger charge is 2.17. The highest BCUT2D eigenvalue weighted by molar-refractivity contribution is 6.33. The molecule has 0 bridgehead atoms. The van der Waals surface area contributed by atoms with Gasteiger partial charge >= 0.3 is 0 Å². The highest BCUT2D eigenvalue weighted by Crippen LogP contribution is 2.23. The van der Waals surface area contributed by atoms with E-state index in [9.17, 15) is 4.79 Å². The van der Waals surface area contributed by atoms with Crippen molar-refractivity contribution in [1.82, 2.24) is 0 Å². The summed E-state index contributed by atoms with van der Waals surface area (Å²) in [6.45, 7) is 5.55. The van der Waals surface area contributed by atoms with Gasteiger partial charge in [-0.2, -0.15) is 0 Å². The lowest BCUT2D eigenvalue weighted by molar-refractivity contribution is -0.119. The molecule has 2 atom stereocenters. The smallest absolute Gasteiger partial charge is 0.228 e. The zero-order valence-corrected chi connectivity index (χ0v) is 11.7. The van der Waals surface area contributed by atoms with E-state index in [2.05, 4.69) is 5.32 Å². The summed E-state index contributed by atoms with van der Waals surface area (Å²) in [5.74, 6) is -0.349. The molecular weight excluding hydrogens is 259 g/mol. The average Bonchev–Trinajstić information content (AvgIpc) is 2.20. The predicted octanol–water partition coefficient (Wildman–Crippen LogP) is 2.99. The second kappa shape index (κ2) is 6.84. The fraction of sp³-hybridized carbons (Fsp3) is 0.417. The lowest BCUT2D eigenvalue weighted by Crippen LogP contribution is -2.34. The van der Waals surface area contributed by atoms with Gasteiger partial charge in [-0.25, -0.2) is 0 Å². The third-order valence-electron chi connectivity index (χ3n) is 2.58. The van der Waals surface area contributed by atoms with Crippen LogP contribution in [0.3, 0.4) is 0 Å². The Morgan fingerprint density at radius 1 is 1.41 bits per heavy atom. The topological polar surface area (TPSA) is 55.1 Å². The molecule has 0 heterocycles. The van der Waals surface area contributed by atoms with Crippen LogP contribution in [-0.4, -0.2) is 11.9 Å². The molecule has 1 amide bonds. The van der Waals surface area contributed by atoms with E-state index in [0.29, 0.717) is 10.7 Å². The number of carbonyl (C=O) groups is 1. The number of hydrogen-bond acceptors (Lipinski definition) is 2. The Labute approximate surface area is 113 Å². The second-order valence-corrected chi connectivity index (χ2v) is 4.53. The molecule has 0 saturated carbocycles. The number of hydrogen-bond donors (Lipinski definition) is 2. The fourth-order valence-corrected chi connectivity index (χ4v) is 1.49. The standard InChI is InChI=1S/C12H17ClN2O.ClH/c1-7-4-5-11(10(13)6-7)15-12(16)8(2)9(3)14;/h4-6,8-9H,14H2,1-3H3,(H,15,16);1H. The van der Waals surface area contributed by atoms with Crippen LogP contribution >= 0.6 is 24.0 Å². The molecule has 0 aliphatic carbocycles. The van der Waals surface area contributed by atoms with Crippen molar-refractivity contribution < 1.29 is 4.79 Å². The van der Waals surface area contributed by atoms with E-state index in [1.807, 2.05) is 19.1 Å². The van der Waals surface area contributed by atoms with E-state index in [0.717, 1.165) is 5.56 Å². The molecule has 0 saturated heterocycles. The van der Waals surface area contributed by atoms with E-state index in [1.165, 1.54) is 0 Å². The molecule has 0 aromatic heterocycles. The zero-order valence-electron chi connectivity index (χ0n) is 10.2. The molecule has 0 aliphatic heterocycles. The molecule has 0 fully saturated rings. The van der Waals surface area contributed by atoms with Gasteiger partial charge in [-0.1, -0.05) is 24.6 Å². The van der Waals surface area contributed by atoms with Crippen LogP contribution in [-0.2, 0) is 4.79 Å². The van der Waals surface area contributed by atoms with E-state index in [1.54, 1.807) is 19.9 Å². The number of amides is 1. The van der Waals surface area contributed by atoms with Crippen LogP contribution in [0.15, 0.2) is 18.2 Å². The number of carbonyl (C=O) groups excluding carboxylic acids is 1. The molecule has 96 valence electrons. The average molecular weight is 277 g/mol.